The van der Waals surface area contributed by atoms with Crippen molar-refractivity contribution in [2.45, 2.75) is 51.1 Å². The smallest absolute Gasteiger partial charge is 0.273 e. The van der Waals surface area contributed by atoms with Gasteiger partial charge in [-0.1, -0.05) is 23.3 Å². The topological polar surface area (TPSA) is 81.1 Å². The Bertz CT molecular complexity index is 644. The maximum atomic E-state index is 12.5. The lowest BCUT2D eigenvalue weighted by Crippen LogP contribution is -2.44. The Hall–Kier alpha value is -1.73. The van der Waals surface area contributed by atoms with Crippen molar-refractivity contribution >= 4 is 5.91 Å². The number of hydrogen-bond donors (Lipinski definition) is 2. The van der Waals surface area contributed by atoms with Crippen molar-refractivity contribution in [3.05, 3.63) is 23.5 Å². The molecule has 1 atom stereocenters. The van der Waals surface area contributed by atoms with E-state index >= 15 is 0 Å². The molecule has 2 fully saturated rings. The van der Waals surface area contributed by atoms with Gasteiger partial charge in [0.25, 0.3) is 5.91 Å². The van der Waals surface area contributed by atoms with Gasteiger partial charge in [0.2, 0.25) is 0 Å². The van der Waals surface area contributed by atoms with E-state index in [-0.39, 0.29) is 11.3 Å². The van der Waals surface area contributed by atoms with Gasteiger partial charge in [0.1, 0.15) is 0 Å². The first kappa shape index (κ1) is 16.7. The Morgan fingerprint density at radius 3 is 3.04 bits per heavy atom. The number of nitrogens with zero attached hydrogens (tertiary/aromatic N) is 3. The van der Waals surface area contributed by atoms with Crippen molar-refractivity contribution in [3.63, 3.8) is 0 Å². The van der Waals surface area contributed by atoms with Crippen LogP contribution in [0, 0.1) is 5.41 Å². The Morgan fingerprint density at radius 2 is 2.36 bits per heavy atom. The Labute approximate surface area is 148 Å². The zero-order valence-corrected chi connectivity index (χ0v) is 14.7. The minimum atomic E-state index is -0.121. The molecule has 3 aliphatic rings. The second-order valence-corrected chi connectivity index (χ2v) is 7.49. The van der Waals surface area contributed by atoms with Crippen LogP contribution in [0.3, 0.4) is 0 Å². The molecule has 7 nitrogen and oxygen atoms in total. The second-order valence-electron chi connectivity index (χ2n) is 7.49. The molecule has 7 heteroatoms. The third kappa shape index (κ3) is 3.62. The molecule has 2 N–H and O–H groups in total. The molecule has 1 amide bonds. The lowest BCUT2D eigenvalue weighted by molar-refractivity contribution is 0.0874. The maximum absolute atomic E-state index is 12.5. The van der Waals surface area contributed by atoms with Crippen LogP contribution in [0.5, 0.6) is 0 Å². The molecule has 4 rings (SSSR count). The Morgan fingerprint density at radius 1 is 1.44 bits per heavy atom. The van der Waals surface area contributed by atoms with Crippen LogP contribution in [0.15, 0.2) is 17.8 Å². The predicted octanol–water partition coefficient (Wildman–Crippen LogP) is 1.28. The molecule has 1 aromatic rings. The van der Waals surface area contributed by atoms with Gasteiger partial charge in [-0.25, -0.2) is 0 Å². The summed E-state index contributed by atoms with van der Waals surface area (Å²) >= 11 is 0. The Kier molecular flexibility index (Phi) is 4.85. The monoisotopic (exact) mass is 345 g/mol. The summed E-state index contributed by atoms with van der Waals surface area (Å²) in [5, 5.41) is 14.7. The van der Waals surface area contributed by atoms with Gasteiger partial charge < -0.3 is 15.4 Å². The van der Waals surface area contributed by atoms with Crippen LogP contribution in [0.25, 0.3) is 0 Å². The molecule has 3 heterocycles. The van der Waals surface area contributed by atoms with Crippen LogP contribution in [-0.2, 0) is 11.3 Å². The van der Waals surface area contributed by atoms with Crippen LogP contribution in [0.2, 0.25) is 0 Å². The summed E-state index contributed by atoms with van der Waals surface area (Å²) < 4.78 is 7.20. The fraction of sp³-hybridized carbons (Fsp3) is 0.722. The zero-order chi connectivity index (χ0) is 17.1. The fourth-order valence-corrected chi connectivity index (χ4v) is 4.19. The largest absolute Gasteiger partial charge is 0.377 e. The van der Waals surface area contributed by atoms with Gasteiger partial charge >= 0.3 is 0 Å². The van der Waals surface area contributed by atoms with Crippen molar-refractivity contribution in [2.75, 3.05) is 26.3 Å². The highest BCUT2D eigenvalue weighted by Crippen LogP contribution is 2.48. The third-order valence-corrected chi connectivity index (χ3v) is 5.88. The number of ether oxygens (including phenoxy) is 1. The Balaban J connectivity index is 1.34. The number of amides is 1. The van der Waals surface area contributed by atoms with E-state index in [4.69, 9.17) is 4.74 Å². The minimum Gasteiger partial charge on any atom is -0.377 e. The van der Waals surface area contributed by atoms with Crippen LogP contribution in [0.4, 0.5) is 0 Å². The number of carbonyl (C=O) groups excluding carboxylic acids is 1. The molecule has 0 aromatic carbocycles. The third-order valence-electron chi connectivity index (χ3n) is 5.88. The second kappa shape index (κ2) is 7.25. The summed E-state index contributed by atoms with van der Waals surface area (Å²) in [5.41, 5.74) is 2.01. The van der Waals surface area contributed by atoms with Gasteiger partial charge in [0.15, 0.2) is 5.69 Å². The summed E-state index contributed by atoms with van der Waals surface area (Å²) in [7, 11) is 0. The van der Waals surface area contributed by atoms with E-state index in [1.807, 2.05) is 0 Å². The first-order valence-electron chi connectivity index (χ1n) is 9.44. The minimum absolute atomic E-state index is 0.121. The van der Waals surface area contributed by atoms with Crippen molar-refractivity contribution in [1.29, 1.82) is 0 Å². The summed E-state index contributed by atoms with van der Waals surface area (Å²) in [6.07, 6.45) is 10.9. The highest BCUT2D eigenvalue weighted by Gasteiger charge is 2.40. The number of nitrogens with one attached hydrogen (secondary N) is 2. The molecule has 1 saturated heterocycles. The number of rotatable bonds is 6. The van der Waals surface area contributed by atoms with E-state index < -0.39 is 0 Å². The van der Waals surface area contributed by atoms with Gasteiger partial charge in [-0.15, -0.1) is 5.10 Å². The van der Waals surface area contributed by atoms with E-state index in [1.54, 1.807) is 10.9 Å². The van der Waals surface area contributed by atoms with Gasteiger partial charge in [0, 0.05) is 18.0 Å². The van der Waals surface area contributed by atoms with Crippen molar-refractivity contribution < 1.29 is 9.53 Å². The summed E-state index contributed by atoms with van der Waals surface area (Å²) in [4.78, 5) is 12.5. The molecule has 1 saturated carbocycles. The maximum Gasteiger partial charge on any atom is 0.273 e. The first-order chi connectivity index (χ1) is 12.3. The molecular formula is C18H27N5O2. The van der Waals surface area contributed by atoms with E-state index in [1.165, 1.54) is 18.4 Å². The van der Waals surface area contributed by atoms with E-state index in [0.717, 1.165) is 45.4 Å². The van der Waals surface area contributed by atoms with Crippen molar-refractivity contribution in [1.82, 2.24) is 25.6 Å². The van der Waals surface area contributed by atoms with Gasteiger partial charge in [-0.2, -0.15) is 0 Å². The number of aromatic nitrogens is 3. The van der Waals surface area contributed by atoms with Crippen LogP contribution >= 0.6 is 0 Å². The van der Waals surface area contributed by atoms with Gasteiger partial charge in [0.05, 0.1) is 26.0 Å². The molecule has 136 valence electrons. The standard InChI is InChI=1S/C18H27N5O2/c24-17(16-12-23(22-21-16)11-15-3-1-8-19-15)20-13-18(6-2-7-18)14-4-9-25-10-5-14/h4,12,15,19H,1-3,5-11,13H2,(H,20,24). The summed E-state index contributed by atoms with van der Waals surface area (Å²) in [5.74, 6) is -0.121. The molecular weight excluding hydrogens is 318 g/mol. The SMILES string of the molecule is O=C(NCC1(C2=CCOCC2)CCC1)c1cn(CC2CCCN2)nn1. The molecule has 1 unspecified atom stereocenters. The van der Waals surface area contributed by atoms with E-state index in [2.05, 4.69) is 27.0 Å². The average molecular weight is 345 g/mol. The molecule has 2 aliphatic heterocycles. The lowest BCUT2D eigenvalue weighted by Gasteiger charge is -2.45. The molecule has 0 bridgehead atoms. The van der Waals surface area contributed by atoms with Crippen molar-refractivity contribution in [3.8, 4) is 0 Å². The number of carbonyl (C=O) groups is 1. The van der Waals surface area contributed by atoms with Gasteiger partial charge in [-0.3, -0.25) is 9.48 Å². The molecule has 1 aliphatic carbocycles. The van der Waals surface area contributed by atoms with Crippen LogP contribution in [-0.4, -0.2) is 53.2 Å². The van der Waals surface area contributed by atoms with Crippen LogP contribution in [0.1, 0.15) is 49.0 Å². The first-order valence-corrected chi connectivity index (χ1v) is 9.44. The average Bonchev–Trinajstić information content (AvgIpc) is 3.27. The van der Waals surface area contributed by atoms with Crippen molar-refractivity contribution in [2.24, 2.45) is 5.41 Å². The van der Waals surface area contributed by atoms with E-state index in [9.17, 15) is 4.79 Å². The predicted molar refractivity (Wildman–Crippen MR) is 93.2 cm³/mol. The summed E-state index contributed by atoms with van der Waals surface area (Å²) in [6, 6.07) is 0.441. The normalized spacial score (nSPS) is 25.3. The number of hydrogen-bond acceptors (Lipinski definition) is 5. The van der Waals surface area contributed by atoms with Crippen LogP contribution < -0.4 is 10.6 Å². The highest BCUT2D eigenvalue weighted by atomic mass is 16.5. The molecule has 1 aromatic heterocycles. The molecule has 0 spiro atoms. The highest BCUT2D eigenvalue weighted by molar-refractivity contribution is 5.91. The zero-order valence-electron chi connectivity index (χ0n) is 14.7. The van der Waals surface area contributed by atoms with E-state index in [0.29, 0.717) is 24.9 Å². The summed E-state index contributed by atoms with van der Waals surface area (Å²) in [6.45, 7) is 4.03. The van der Waals surface area contributed by atoms with Gasteiger partial charge in [-0.05, 0) is 38.6 Å². The fourth-order valence-electron chi connectivity index (χ4n) is 4.19. The molecule has 0 radical (unpaired) electrons. The quantitative estimate of drug-likeness (QED) is 0.759. The molecule has 25 heavy (non-hydrogen) atoms. The lowest BCUT2D eigenvalue weighted by atomic mass is 9.63.